The van der Waals surface area contributed by atoms with Gasteiger partial charge in [-0.3, -0.25) is 9.59 Å². The lowest BCUT2D eigenvalue weighted by Gasteiger charge is -2.33. The molecule has 2 rings (SSSR count). The van der Waals surface area contributed by atoms with Crippen molar-refractivity contribution in [3.05, 3.63) is 17.7 Å². The highest BCUT2D eigenvalue weighted by molar-refractivity contribution is 5.79. The predicted octanol–water partition coefficient (Wildman–Crippen LogP) is 2.80. The molecule has 1 saturated carbocycles. The number of rotatable bonds is 9. The van der Waals surface area contributed by atoms with E-state index in [-0.39, 0.29) is 18.9 Å². The number of benzene rings is 1. The number of amides is 1. The maximum absolute atomic E-state index is 12.3. The Balaban J connectivity index is 1.98. The smallest absolute Gasteiger partial charge is 0.311 e. The number of hydrogen-bond donors (Lipinski definition) is 2. The number of aliphatic carboxylic acids is 1. The third kappa shape index (κ3) is 4.84. The largest absolute Gasteiger partial charge is 0.493 e. The molecular formula is C20H29NO6. The highest BCUT2D eigenvalue weighted by Crippen LogP contribution is 2.40. The summed E-state index contributed by atoms with van der Waals surface area (Å²) in [7, 11) is 4.63. The summed E-state index contributed by atoms with van der Waals surface area (Å²) in [5, 5.41) is 12.4. The van der Waals surface area contributed by atoms with Crippen LogP contribution in [0.25, 0.3) is 0 Å². The molecule has 7 heteroatoms. The van der Waals surface area contributed by atoms with Gasteiger partial charge >= 0.3 is 5.97 Å². The quantitative estimate of drug-likeness (QED) is 0.685. The fraction of sp³-hybridized carbons (Fsp3) is 0.600. The lowest BCUT2D eigenvalue weighted by atomic mass is 9.74. The van der Waals surface area contributed by atoms with Gasteiger partial charge in [-0.2, -0.15) is 0 Å². The molecule has 27 heavy (non-hydrogen) atoms. The van der Waals surface area contributed by atoms with Crippen molar-refractivity contribution >= 4 is 11.9 Å². The van der Waals surface area contributed by atoms with Gasteiger partial charge in [0.2, 0.25) is 11.7 Å². The van der Waals surface area contributed by atoms with Crippen LogP contribution in [0.4, 0.5) is 0 Å². The third-order valence-corrected chi connectivity index (χ3v) is 5.30. The molecular weight excluding hydrogens is 350 g/mol. The fourth-order valence-electron chi connectivity index (χ4n) is 3.66. The van der Waals surface area contributed by atoms with Crippen LogP contribution in [-0.4, -0.2) is 44.9 Å². The van der Waals surface area contributed by atoms with E-state index in [1.165, 1.54) is 7.11 Å². The number of carbonyl (C=O) groups excluding carboxylic acids is 1. The average Bonchev–Trinajstić information content (AvgIpc) is 2.70. The zero-order valence-corrected chi connectivity index (χ0v) is 16.3. The lowest BCUT2D eigenvalue weighted by Crippen LogP contribution is -2.44. The molecule has 7 nitrogen and oxygen atoms in total. The highest BCUT2D eigenvalue weighted by Gasteiger charge is 2.39. The first-order chi connectivity index (χ1) is 13.0. The number of hydrogen-bond acceptors (Lipinski definition) is 5. The number of carbonyl (C=O) groups is 2. The molecule has 1 aromatic rings. The van der Waals surface area contributed by atoms with Crippen LogP contribution in [0.15, 0.2) is 12.1 Å². The molecule has 0 radical (unpaired) electrons. The first kappa shape index (κ1) is 20.9. The van der Waals surface area contributed by atoms with E-state index in [0.29, 0.717) is 36.5 Å². The number of carboxylic acids is 1. The average molecular weight is 379 g/mol. The maximum Gasteiger partial charge on any atom is 0.311 e. The van der Waals surface area contributed by atoms with Crippen LogP contribution in [0, 0.1) is 5.41 Å². The molecule has 0 aromatic heterocycles. The molecule has 1 fully saturated rings. The minimum Gasteiger partial charge on any atom is -0.493 e. The van der Waals surface area contributed by atoms with Gasteiger partial charge in [-0.25, -0.2) is 0 Å². The van der Waals surface area contributed by atoms with Gasteiger partial charge < -0.3 is 24.6 Å². The number of nitrogens with one attached hydrogen (secondary N) is 1. The second-order valence-corrected chi connectivity index (χ2v) is 6.92. The molecule has 1 aliphatic rings. The summed E-state index contributed by atoms with van der Waals surface area (Å²) in [4.78, 5) is 24.0. The van der Waals surface area contributed by atoms with Crippen LogP contribution in [0.2, 0.25) is 0 Å². The van der Waals surface area contributed by atoms with Gasteiger partial charge in [-0.05, 0) is 30.9 Å². The van der Waals surface area contributed by atoms with Crippen LogP contribution in [0.3, 0.4) is 0 Å². The van der Waals surface area contributed by atoms with Crippen molar-refractivity contribution in [3.8, 4) is 17.2 Å². The van der Waals surface area contributed by atoms with E-state index < -0.39 is 11.4 Å². The van der Waals surface area contributed by atoms with Gasteiger partial charge in [0.1, 0.15) is 0 Å². The topological polar surface area (TPSA) is 94.1 Å². The van der Waals surface area contributed by atoms with Crippen molar-refractivity contribution in [1.82, 2.24) is 5.32 Å². The summed E-state index contributed by atoms with van der Waals surface area (Å²) in [6.45, 7) is 0.185. The third-order valence-electron chi connectivity index (χ3n) is 5.30. The Labute approximate surface area is 160 Å². The summed E-state index contributed by atoms with van der Waals surface area (Å²) < 4.78 is 16.0. The lowest BCUT2D eigenvalue weighted by molar-refractivity contribution is -0.151. The Hall–Kier alpha value is -2.44. The highest BCUT2D eigenvalue weighted by atomic mass is 16.5. The molecule has 0 saturated heterocycles. The molecule has 1 amide bonds. The second kappa shape index (κ2) is 9.48. The molecule has 2 N–H and O–H groups in total. The number of carboxylic acid groups (broad SMARTS) is 1. The van der Waals surface area contributed by atoms with Crippen LogP contribution < -0.4 is 19.5 Å². The van der Waals surface area contributed by atoms with E-state index in [1.807, 2.05) is 6.07 Å². The number of aryl methyl sites for hydroxylation is 1. The number of ether oxygens (including phenoxy) is 3. The predicted molar refractivity (Wildman–Crippen MR) is 101 cm³/mol. The van der Waals surface area contributed by atoms with Crippen LogP contribution >= 0.6 is 0 Å². The summed E-state index contributed by atoms with van der Waals surface area (Å²) in [6.07, 6.45) is 4.77. The fourth-order valence-corrected chi connectivity index (χ4v) is 3.66. The van der Waals surface area contributed by atoms with Crippen molar-refractivity contribution in [2.45, 2.75) is 44.9 Å². The molecule has 0 unspecified atom stereocenters. The molecule has 0 spiro atoms. The molecule has 0 aliphatic heterocycles. The molecule has 0 atom stereocenters. The standard InChI is InChI=1S/C20H29NO6/c1-25-15-9-7-14(17(26-2)18(15)27-3)8-10-16(22)21-13-20(19(23)24)11-5-4-6-12-20/h7,9H,4-6,8,10-13H2,1-3H3,(H,21,22)(H,23,24). The molecule has 0 heterocycles. The Kier molecular flexibility index (Phi) is 7.33. The second-order valence-electron chi connectivity index (χ2n) is 6.92. The van der Waals surface area contributed by atoms with E-state index in [9.17, 15) is 14.7 Å². The summed E-state index contributed by atoms with van der Waals surface area (Å²) in [6, 6.07) is 3.61. The Bertz CT molecular complexity index is 667. The minimum absolute atomic E-state index is 0.168. The van der Waals surface area contributed by atoms with Crippen molar-refractivity contribution in [2.24, 2.45) is 5.41 Å². The van der Waals surface area contributed by atoms with E-state index in [2.05, 4.69) is 5.32 Å². The van der Waals surface area contributed by atoms with Gasteiger partial charge in [0.25, 0.3) is 0 Å². The monoisotopic (exact) mass is 379 g/mol. The van der Waals surface area contributed by atoms with E-state index in [4.69, 9.17) is 14.2 Å². The summed E-state index contributed by atoms with van der Waals surface area (Å²) in [5.74, 6) is 0.606. The zero-order valence-electron chi connectivity index (χ0n) is 16.3. The first-order valence-corrected chi connectivity index (χ1v) is 9.25. The van der Waals surface area contributed by atoms with Crippen molar-refractivity contribution in [3.63, 3.8) is 0 Å². The maximum atomic E-state index is 12.3. The van der Waals surface area contributed by atoms with Gasteiger partial charge in [0.05, 0.1) is 26.7 Å². The Morgan fingerprint density at radius 1 is 1.04 bits per heavy atom. The zero-order chi connectivity index (χ0) is 19.9. The molecule has 1 aromatic carbocycles. The summed E-state index contributed by atoms with van der Waals surface area (Å²) >= 11 is 0. The van der Waals surface area contributed by atoms with E-state index in [0.717, 1.165) is 24.8 Å². The number of methoxy groups -OCH3 is 3. The van der Waals surface area contributed by atoms with Gasteiger partial charge in [0.15, 0.2) is 11.5 Å². The van der Waals surface area contributed by atoms with Gasteiger partial charge in [0, 0.05) is 13.0 Å². The molecule has 0 bridgehead atoms. The van der Waals surface area contributed by atoms with Crippen molar-refractivity contribution in [1.29, 1.82) is 0 Å². The van der Waals surface area contributed by atoms with Crippen LogP contribution in [0.5, 0.6) is 17.2 Å². The van der Waals surface area contributed by atoms with Gasteiger partial charge in [-0.15, -0.1) is 0 Å². The Morgan fingerprint density at radius 3 is 2.26 bits per heavy atom. The van der Waals surface area contributed by atoms with Gasteiger partial charge in [-0.1, -0.05) is 25.3 Å². The summed E-state index contributed by atoms with van der Waals surface area (Å²) in [5.41, 5.74) is 0.00508. The van der Waals surface area contributed by atoms with Crippen molar-refractivity contribution in [2.75, 3.05) is 27.9 Å². The van der Waals surface area contributed by atoms with Crippen LogP contribution in [-0.2, 0) is 16.0 Å². The molecule has 150 valence electrons. The Morgan fingerprint density at radius 2 is 1.70 bits per heavy atom. The first-order valence-electron chi connectivity index (χ1n) is 9.25. The van der Waals surface area contributed by atoms with E-state index >= 15 is 0 Å². The van der Waals surface area contributed by atoms with E-state index in [1.54, 1.807) is 20.3 Å². The SMILES string of the molecule is COc1ccc(CCC(=O)NCC2(C(=O)O)CCCCC2)c(OC)c1OC. The van der Waals surface area contributed by atoms with Crippen LogP contribution in [0.1, 0.15) is 44.1 Å². The normalized spacial score (nSPS) is 15.7. The van der Waals surface area contributed by atoms with Crippen molar-refractivity contribution < 1.29 is 28.9 Å². The minimum atomic E-state index is -0.824. The molecule has 1 aliphatic carbocycles.